The average Bonchev–Trinajstić information content (AvgIpc) is 2.05. The molecule has 1 heteroatoms. The molecule has 0 aliphatic rings. The van der Waals surface area contributed by atoms with Crippen LogP contribution >= 0.6 is 0 Å². The molecule has 0 aromatic heterocycles. The maximum atomic E-state index is 2.32. The molecular formula is C12H21B. The Labute approximate surface area is 83.8 Å². The topological polar surface area (TPSA) is 0 Å². The Balaban J connectivity index is 3.88. The minimum Gasteiger partial charge on any atom is -0.0929 e. The van der Waals surface area contributed by atoms with Crippen molar-refractivity contribution in [3.63, 3.8) is 0 Å². The van der Waals surface area contributed by atoms with E-state index in [1.165, 1.54) is 23.9 Å². The van der Waals surface area contributed by atoms with E-state index in [-0.39, 0.29) is 0 Å². The van der Waals surface area contributed by atoms with E-state index in [9.17, 15) is 0 Å². The fourth-order valence-corrected chi connectivity index (χ4v) is 1.27. The lowest BCUT2D eigenvalue weighted by atomic mass is 9.94. The van der Waals surface area contributed by atoms with Gasteiger partial charge < -0.3 is 0 Å². The minimum absolute atomic E-state index is 1.07. The second-order valence-corrected chi connectivity index (χ2v) is 3.48. The normalized spacial score (nSPS) is 14.1. The molecule has 0 unspecified atom stereocenters. The summed E-state index contributed by atoms with van der Waals surface area (Å²) in [5, 5.41) is 0. The van der Waals surface area contributed by atoms with Crippen LogP contribution in [-0.4, -0.2) is 7.85 Å². The van der Waals surface area contributed by atoms with Gasteiger partial charge in [-0.05, 0) is 26.7 Å². The molecule has 0 aliphatic carbocycles. The third kappa shape index (κ3) is 7.64. The van der Waals surface area contributed by atoms with Crippen LogP contribution in [-0.2, 0) is 0 Å². The number of allylic oxidation sites excluding steroid dienone is 6. The summed E-state index contributed by atoms with van der Waals surface area (Å²) in [7, 11) is 2.14. The second-order valence-electron chi connectivity index (χ2n) is 3.48. The summed E-state index contributed by atoms with van der Waals surface area (Å²) < 4.78 is 0. The highest BCUT2D eigenvalue weighted by Crippen LogP contribution is 2.05. The predicted octanol–water partition coefficient (Wildman–Crippen LogP) is 3.22. The van der Waals surface area contributed by atoms with Crippen molar-refractivity contribution in [2.75, 3.05) is 0 Å². The van der Waals surface area contributed by atoms with E-state index in [2.05, 4.69) is 52.9 Å². The second kappa shape index (κ2) is 7.91. The van der Waals surface area contributed by atoms with Gasteiger partial charge in [0.05, 0.1) is 0 Å². The van der Waals surface area contributed by atoms with Gasteiger partial charge in [-0.2, -0.15) is 0 Å². The van der Waals surface area contributed by atoms with Gasteiger partial charge in [-0.1, -0.05) is 48.7 Å². The molecule has 0 saturated heterocycles. The molecule has 0 rings (SSSR count). The largest absolute Gasteiger partial charge is 0.138 e. The molecule has 0 heterocycles. The van der Waals surface area contributed by atoms with E-state index in [1.54, 1.807) is 0 Å². The molecule has 0 spiro atoms. The van der Waals surface area contributed by atoms with Crippen molar-refractivity contribution in [2.45, 2.75) is 40.0 Å². The summed E-state index contributed by atoms with van der Waals surface area (Å²) in [6.45, 7) is 6.48. The lowest BCUT2D eigenvalue weighted by molar-refractivity contribution is 0.899. The van der Waals surface area contributed by atoms with Crippen LogP contribution in [0.5, 0.6) is 0 Å². The number of hydrogen-bond acceptors (Lipinski definition) is 0. The molecule has 0 fully saturated rings. The number of rotatable bonds is 5. The Hall–Kier alpha value is -0.715. The SMILES string of the molecule is BC(=C/C/C=C(\C)CCC)/C=C/C. The molecule has 0 aromatic rings. The Morgan fingerprint density at radius 1 is 1.31 bits per heavy atom. The van der Waals surface area contributed by atoms with Gasteiger partial charge in [-0.15, -0.1) is 0 Å². The zero-order chi connectivity index (χ0) is 10.1. The predicted molar refractivity (Wildman–Crippen MR) is 64.7 cm³/mol. The van der Waals surface area contributed by atoms with Gasteiger partial charge >= 0.3 is 0 Å². The highest BCUT2D eigenvalue weighted by molar-refractivity contribution is 6.23. The highest BCUT2D eigenvalue weighted by atomic mass is 13.9. The van der Waals surface area contributed by atoms with Gasteiger partial charge in [0.15, 0.2) is 0 Å². The third-order valence-electron chi connectivity index (χ3n) is 1.98. The van der Waals surface area contributed by atoms with E-state index >= 15 is 0 Å². The van der Waals surface area contributed by atoms with E-state index in [1.807, 2.05) is 0 Å². The molecular weight excluding hydrogens is 155 g/mol. The Morgan fingerprint density at radius 2 is 2.00 bits per heavy atom. The van der Waals surface area contributed by atoms with Gasteiger partial charge in [0.25, 0.3) is 0 Å². The summed E-state index contributed by atoms with van der Waals surface area (Å²) in [6, 6.07) is 0. The Kier molecular flexibility index (Phi) is 7.47. The van der Waals surface area contributed by atoms with Crippen molar-refractivity contribution < 1.29 is 0 Å². The monoisotopic (exact) mass is 176 g/mol. The minimum atomic E-state index is 1.07. The van der Waals surface area contributed by atoms with E-state index in [4.69, 9.17) is 0 Å². The standard InChI is InChI=1S/C12H21B/c1-4-7-11(3)9-6-10-12(13)8-5-2/h5,8-10H,4,6-7,13H2,1-3H3/b8-5+,11-9+,12-10+. The molecule has 0 N–H and O–H groups in total. The molecule has 0 radical (unpaired) electrons. The average molecular weight is 176 g/mol. The van der Waals surface area contributed by atoms with Crippen molar-refractivity contribution in [3.8, 4) is 0 Å². The van der Waals surface area contributed by atoms with Crippen molar-refractivity contribution in [3.05, 3.63) is 35.3 Å². The maximum absolute atomic E-state index is 2.32. The van der Waals surface area contributed by atoms with Crippen LogP contribution in [0.25, 0.3) is 0 Å². The van der Waals surface area contributed by atoms with E-state index in [0.29, 0.717) is 0 Å². The van der Waals surface area contributed by atoms with Crippen molar-refractivity contribution in [1.82, 2.24) is 0 Å². The van der Waals surface area contributed by atoms with Crippen LogP contribution in [0.1, 0.15) is 40.0 Å². The summed E-state index contributed by atoms with van der Waals surface area (Å²) in [5.74, 6) is 0. The van der Waals surface area contributed by atoms with Crippen molar-refractivity contribution >= 4 is 7.85 Å². The van der Waals surface area contributed by atoms with Gasteiger partial charge in [0.1, 0.15) is 7.85 Å². The Morgan fingerprint density at radius 3 is 2.54 bits per heavy atom. The zero-order valence-electron chi connectivity index (χ0n) is 9.43. The van der Waals surface area contributed by atoms with Gasteiger partial charge in [0, 0.05) is 0 Å². The first-order valence-corrected chi connectivity index (χ1v) is 5.15. The quantitative estimate of drug-likeness (QED) is 0.342. The fourth-order valence-electron chi connectivity index (χ4n) is 1.27. The van der Waals surface area contributed by atoms with Gasteiger partial charge in [0.2, 0.25) is 0 Å². The molecule has 0 atom stereocenters. The number of hydrogen-bond donors (Lipinski definition) is 0. The summed E-state index contributed by atoms with van der Waals surface area (Å²) >= 11 is 0. The molecule has 0 aliphatic heterocycles. The maximum Gasteiger partial charge on any atom is 0.138 e. The summed E-state index contributed by atoms with van der Waals surface area (Å²) in [4.78, 5) is 0. The third-order valence-corrected chi connectivity index (χ3v) is 1.98. The Bertz CT molecular complexity index is 209. The summed E-state index contributed by atoms with van der Waals surface area (Å²) in [6.07, 6.45) is 12.4. The highest BCUT2D eigenvalue weighted by Gasteiger charge is 1.85. The van der Waals surface area contributed by atoms with Crippen LogP contribution in [0.2, 0.25) is 0 Å². The van der Waals surface area contributed by atoms with Crippen LogP contribution in [0.4, 0.5) is 0 Å². The molecule has 0 nitrogen and oxygen atoms in total. The first-order valence-electron chi connectivity index (χ1n) is 5.15. The first-order chi connectivity index (χ1) is 6.20. The van der Waals surface area contributed by atoms with E-state index < -0.39 is 0 Å². The lowest BCUT2D eigenvalue weighted by Gasteiger charge is -1.96. The molecule has 13 heavy (non-hydrogen) atoms. The van der Waals surface area contributed by atoms with Gasteiger partial charge in [-0.25, -0.2) is 0 Å². The van der Waals surface area contributed by atoms with Crippen molar-refractivity contribution in [1.29, 1.82) is 0 Å². The molecule has 72 valence electrons. The molecule has 0 bridgehead atoms. The van der Waals surface area contributed by atoms with Crippen LogP contribution in [0.3, 0.4) is 0 Å². The molecule has 0 saturated carbocycles. The van der Waals surface area contributed by atoms with Crippen molar-refractivity contribution in [2.24, 2.45) is 0 Å². The zero-order valence-corrected chi connectivity index (χ0v) is 9.43. The fraction of sp³-hybridized carbons (Fsp3) is 0.500. The van der Waals surface area contributed by atoms with Crippen LogP contribution in [0.15, 0.2) is 35.3 Å². The molecule has 0 aromatic carbocycles. The summed E-state index contributed by atoms with van der Waals surface area (Å²) in [5.41, 5.74) is 2.86. The van der Waals surface area contributed by atoms with Crippen LogP contribution in [0, 0.1) is 0 Å². The van der Waals surface area contributed by atoms with Gasteiger partial charge in [-0.3, -0.25) is 0 Å². The van der Waals surface area contributed by atoms with Crippen LogP contribution < -0.4 is 0 Å². The smallest absolute Gasteiger partial charge is 0.0929 e. The van der Waals surface area contributed by atoms with E-state index in [0.717, 1.165) is 6.42 Å². The lowest BCUT2D eigenvalue weighted by Crippen LogP contribution is -1.77. The molecule has 0 amide bonds. The first kappa shape index (κ1) is 12.3.